The minimum absolute atomic E-state index is 0.124. The first-order valence-corrected chi connectivity index (χ1v) is 4.97. The van der Waals surface area contributed by atoms with Crippen LogP contribution in [0.1, 0.15) is 0 Å². The first kappa shape index (κ1) is 12.8. The average molecular weight is 222 g/mol. The van der Waals surface area contributed by atoms with Gasteiger partial charge in [-0.1, -0.05) is 5.16 Å². The van der Waals surface area contributed by atoms with E-state index in [4.69, 9.17) is 0 Å². The lowest BCUT2D eigenvalue weighted by molar-refractivity contribution is -0.121. The fourth-order valence-electron chi connectivity index (χ4n) is 0.483. The van der Waals surface area contributed by atoms with Crippen LogP contribution in [0, 0.1) is 0 Å². The van der Waals surface area contributed by atoms with E-state index < -0.39 is 6.09 Å². The zero-order valence-corrected chi connectivity index (χ0v) is 9.34. The summed E-state index contributed by atoms with van der Waals surface area (Å²) in [5.74, 6) is -0.304. The third kappa shape index (κ3) is 4.13. The second-order valence-corrected chi connectivity index (χ2v) is 3.22. The van der Waals surface area contributed by atoms with Crippen LogP contribution in [0.5, 0.6) is 0 Å². The van der Waals surface area contributed by atoms with Gasteiger partial charge in [0.1, 0.15) is 0 Å². The predicted octanol–water partition coefficient (Wildman–Crippen LogP) is 0.107. The van der Waals surface area contributed by atoms with Crippen LogP contribution in [-0.2, 0) is 9.63 Å². The summed E-state index contributed by atoms with van der Waals surface area (Å²) in [6.45, 7) is 0. The van der Waals surface area contributed by atoms with Gasteiger partial charge in [0.15, 0.2) is 0 Å². The number of nitrogens with zero attached hydrogens (tertiary/aromatic N) is 2. The predicted molar refractivity (Wildman–Crippen MR) is 55.2 cm³/mol. The minimum Gasteiger partial charge on any atom is -0.343 e. The van der Waals surface area contributed by atoms with Crippen LogP contribution >= 0.6 is 11.8 Å². The summed E-state index contributed by atoms with van der Waals surface area (Å²) in [4.78, 5) is 27.7. The number of hydrogen-bond acceptors (Lipinski definition) is 5. The molecule has 0 aliphatic heterocycles. The van der Waals surface area contributed by atoms with Crippen molar-refractivity contribution in [3.05, 3.63) is 0 Å². The molecule has 1 N–H and O–H groups in total. The van der Waals surface area contributed by atoms with Gasteiger partial charge in [-0.25, -0.2) is 4.79 Å². The quantitative estimate of drug-likeness (QED) is 0.225. The molecule has 0 fully saturated rings. The lowest BCUT2D eigenvalue weighted by atomic mass is 10.7. The summed E-state index contributed by atoms with van der Waals surface area (Å²) < 4.78 is 0. The summed E-state index contributed by atoms with van der Waals surface area (Å²) in [5, 5.41) is 5.74. The van der Waals surface area contributed by atoms with Crippen LogP contribution in [0.3, 0.4) is 0 Å². The maximum Gasteiger partial charge on any atom is 0.433 e. The Balaban J connectivity index is 4.40. The molecule has 0 atom stereocenters. The lowest BCUT2D eigenvalue weighted by Crippen LogP contribution is -2.28. The Morgan fingerprint density at radius 3 is 2.36 bits per heavy atom. The fourth-order valence-corrected chi connectivity index (χ4v) is 0.952. The summed E-state index contributed by atoms with van der Waals surface area (Å²) in [7, 11) is 4.59. The third-order valence-corrected chi connectivity index (χ3v) is 1.83. The molecule has 2 amide bonds. The van der Waals surface area contributed by atoms with Crippen molar-refractivity contribution >= 4 is 28.8 Å². The van der Waals surface area contributed by atoms with Gasteiger partial charge < -0.3 is 10.2 Å². The molecule has 0 bridgehead atoms. The van der Waals surface area contributed by atoms with Crippen LogP contribution in [-0.4, -0.2) is 49.3 Å². The topological polar surface area (TPSA) is 71.0 Å². The van der Waals surface area contributed by atoms with Gasteiger partial charge in [0.25, 0.3) is 5.91 Å². The Morgan fingerprint density at radius 2 is 2.00 bits per heavy atom. The minimum atomic E-state index is -0.705. The van der Waals surface area contributed by atoms with Crippen molar-refractivity contribution in [1.29, 1.82) is 0 Å². The highest BCUT2D eigenvalue weighted by Crippen LogP contribution is 2.01. The molecule has 0 aliphatic rings. The van der Waals surface area contributed by atoms with Gasteiger partial charge in [0, 0.05) is 21.1 Å². The number of carbonyl (C=O) groups is 2. The fraction of sp³-hybridized carbons (Fsp3) is 0.571. The van der Waals surface area contributed by atoms with Crippen molar-refractivity contribution in [2.45, 2.75) is 0 Å². The Morgan fingerprint density at radius 1 is 1.43 bits per heavy atom. The van der Waals surface area contributed by atoms with E-state index in [1.165, 1.54) is 11.9 Å². The van der Waals surface area contributed by atoms with Crippen molar-refractivity contribution < 1.29 is 14.4 Å². The molecule has 0 saturated heterocycles. The first-order chi connectivity index (χ1) is 6.52. The second kappa shape index (κ2) is 6.25. The number of amides is 2. The molecular weight excluding hydrogens is 209 g/mol. The summed E-state index contributed by atoms with van der Waals surface area (Å²) >= 11 is 1.11. The second-order valence-electron chi connectivity index (χ2n) is 2.43. The molecule has 0 aromatic rings. The zero-order valence-electron chi connectivity index (χ0n) is 8.53. The molecule has 0 aromatic carbocycles. The smallest absolute Gasteiger partial charge is 0.343 e. The number of hydrogen-bond donors (Lipinski definition) is 1. The van der Waals surface area contributed by atoms with Crippen molar-refractivity contribution in [1.82, 2.24) is 10.2 Å². The lowest BCUT2D eigenvalue weighted by Gasteiger charge is -2.09. The van der Waals surface area contributed by atoms with E-state index in [1.54, 1.807) is 20.4 Å². The number of rotatable bonds is 1. The maximum atomic E-state index is 11.3. The molecule has 0 rings (SSSR count). The van der Waals surface area contributed by atoms with Crippen LogP contribution in [0.4, 0.5) is 4.79 Å². The molecule has 0 aliphatic carbocycles. The van der Waals surface area contributed by atoms with E-state index in [9.17, 15) is 9.59 Å². The normalized spacial score (nSPS) is 10.7. The number of oxime groups is 1. The van der Waals surface area contributed by atoms with Gasteiger partial charge in [0.2, 0.25) is 5.04 Å². The van der Waals surface area contributed by atoms with Gasteiger partial charge in [0.05, 0.1) is 0 Å². The zero-order chi connectivity index (χ0) is 11.1. The molecular formula is C7H13N3O3S. The number of nitrogens with one attached hydrogen (secondary N) is 1. The molecule has 80 valence electrons. The standard InChI is InChI=1S/C7H13N3O3S/c1-8-7(12)13-9-5(14-4)6(11)10(2)3/h1-4H3,(H,8,12)/b9-5-/i1+1,2+1,3+1. The van der Waals surface area contributed by atoms with Crippen molar-refractivity contribution in [2.24, 2.45) is 5.16 Å². The van der Waals surface area contributed by atoms with Gasteiger partial charge in [-0.05, 0) is 6.26 Å². The van der Waals surface area contributed by atoms with Gasteiger partial charge in [-0.15, -0.1) is 11.8 Å². The van der Waals surface area contributed by atoms with Crippen molar-refractivity contribution in [2.75, 3.05) is 27.4 Å². The highest BCUT2D eigenvalue weighted by Gasteiger charge is 2.13. The van der Waals surface area contributed by atoms with Gasteiger partial charge in [-0.3, -0.25) is 9.63 Å². The number of carbonyl (C=O) groups excluding carboxylic acids is 2. The van der Waals surface area contributed by atoms with Crippen molar-refractivity contribution in [3.63, 3.8) is 0 Å². The average Bonchev–Trinajstić information content (AvgIpc) is 2.17. The van der Waals surface area contributed by atoms with Crippen LogP contribution in [0.15, 0.2) is 5.16 Å². The van der Waals surface area contributed by atoms with Gasteiger partial charge in [-0.2, -0.15) is 0 Å². The van der Waals surface area contributed by atoms with Crippen molar-refractivity contribution in [3.8, 4) is 0 Å². The van der Waals surface area contributed by atoms with E-state index in [0.717, 1.165) is 11.8 Å². The molecule has 14 heavy (non-hydrogen) atoms. The molecule has 0 heterocycles. The SMILES string of the molecule is CS/C(=N\OC(=O)N[13CH3])C(=O)N([13CH3])[13CH3]. The third-order valence-electron chi connectivity index (χ3n) is 1.20. The molecule has 6 nitrogen and oxygen atoms in total. The highest BCUT2D eigenvalue weighted by atomic mass is 32.2. The summed E-state index contributed by atoms with van der Waals surface area (Å²) in [6.07, 6.45) is 0.969. The van der Waals surface area contributed by atoms with E-state index in [0.29, 0.717) is 0 Å². The molecule has 0 saturated carbocycles. The van der Waals surface area contributed by atoms with E-state index in [2.05, 4.69) is 15.3 Å². The van der Waals surface area contributed by atoms with E-state index in [-0.39, 0.29) is 11.0 Å². The first-order valence-electron chi connectivity index (χ1n) is 3.75. The largest absolute Gasteiger partial charge is 0.433 e. The highest BCUT2D eigenvalue weighted by molar-refractivity contribution is 8.15. The Hall–Kier alpha value is -1.24. The Bertz CT molecular complexity index is 253. The van der Waals surface area contributed by atoms with E-state index >= 15 is 0 Å². The molecule has 0 aromatic heterocycles. The van der Waals surface area contributed by atoms with E-state index in [1.807, 2.05) is 0 Å². The van der Waals surface area contributed by atoms with Crippen LogP contribution < -0.4 is 5.32 Å². The van der Waals surface area contributed by atoms with Crippen LogP contribution in [0.25, 0.3) is 0 Å². The maximum absolute atomic E-state index is 11.3. The van der Waals surface area contributed by atoms with Crippen LogP contribution in [0.2, 0.25) is 0 Å². The molecule has 0 spiro atoms. The monoisotopic (exact) mass is 222 g/mol. The molecule has 0 unspecified atom stereocenters. The summed E-state index contributed by atoms with van der Waals surface area (Å²) in [5.41, 5.74) is 0. The Kier molecular flexibility index (Phi) is 5.70. The number of thioether (sulfide) groups is 1. The Labute approximate surface area is 86.6 Å². The molecule has 0 radical (unpaired) electrons. The van der Waals surface area contributed by atoms with Gasteiger partial charge >= 0.3 is 6.09 Å². The summed E-state index contributed by atoms with van der Waals surface area (Å²) in [6, 6.07) is 0. The molecule has 7 heteroatoms.